The van der Waals surface area contributed by atoms with Crippen molar-refractivity contribution in [2.24, 2.45) is 0 Å². The third kappa shape index (κ3) is 3.68. The second kappa shape index (κ2) is 6.93. The number of unbranched alkanes of at least 4 members (excludes halogenated alkanes) is 1. The van der Waals surface area contributed by atoms with E-state index in [1.54, 1.807) is 6.07 Å². The lowest BCUT2D eigenvalue weighted by Gasteiger charge is -2.09. The molecule has 1 nitrogen and oxygen atoms in total. The molecule has 0 atom stereocenters. The molecule has 16 heavy (non-hydrogen) atoms. The Balaban J connectivity index is 2.76. The van der Waals surface area contributed by atoms with Gasteiger partial charge in [-0.25, -0.2) is 0 Å². The van der Waals surface area contributed by atoms with Crippen LogP contribution in [-0.2, 0) is 6.42 Å². The van der Waals surface area contributed by atoms with Gasteiger partial charge in [-0.15, -0.1) is 0 Å². The van der Waals surface area contributed by atoms with E-state index in [0.717, 1.165) is 31.4 Å². The van der Waals surface area contributed by atoms with Gasteiger partial charge in [0.1, 0.15) is 0 Å². The van der Waals surface area contributed by atoms with E-state index in [2.05, 4.69) is 5.32 Å². The Bertz CT molecular complexity index is 365. The highest BCUT2D eigenvalue weighted by atomic mass is 35.5. The number of benzene rings is 1. The standard InChI is InChI=1S/C11H13Cl4N/c1-16-5-3-2-4-7-8(12)6-9(13)11(15)10(7)14/h6,16H,2-5H2,1H3. The fraction of sp³-hybridized carbons (Fsp3) is 0.455. The van der Waals surface area contributed by atoms with Gasteiger partial charge in [0, 0.05) is 5.02 Å². The van der Waals surface area contributed by atoms with E-state index in [9.17, 15) is 0 Å². The van der Waals surface area contributed by atoms with Crippen molar-refractivity contribution in [2.45, 2.75) is 19.3 Å². The lowest BCUT2D eigenvalue weighted by molar-refractivity contribution is 0.677. The molecule has 0 aliphatic carbocycles. The smallest absolute Gasteiger partial charge is 0.0782 e. The van der Waals surface area contributed by atoms with Gasteiger partial charge in [0.2, 0.25) is 0 Å². The number of hydrogen-bond acceptors (Lipinski definition) is 1. The molecule has 0 saturated heterocycles. The van der Waals surface area contributed by atoms with Crippen LogP contribution in [0.25, 0.3) is 0 Å². The summed E-state index contributed by atoms with van der Waals surface area (Å²) in [7, 11) is 1.93. The zero-order valence-corrected chi connectivity index (χ0v) is 11.9. The molecule has 0 radical (unpaired) electrons. The van der Waals surface area contributed by atoms with Crippen molar-refractivity contribution < 1.29 is 0 Å². The van der Waals surface area contributed by atoms with E-state index in [1.807, 2.05) is 7.05 Å². The average Bonchev–Trinajstić information content (AvgIpc) is 2.25. The first-order valence-corrected chi connectivity index (χ1v) is 6.55. The van der Waals surface area contributed by atoms with Crippen LogP contribution in [0.1, 0.15) is 18.4 Å². The molecule has 0 spiro atoms. The average molecular weight is 301 g/mol. The predicted octanol–water partition coefficient (Wildman–Crippen LogP) is 4.84. The Morgan fingerprint density at radius 3 is 2.31 bits per heavy atom. The Morgan fingerprint density at radius 1 is 1.00 bits per heavy atom. The number of halogens is 4. The van der Waals surface area contributed by atoms with Crippen molar-refractivity contribution in [3.8, 4) is 0 Å². The Labute approximate surface area is 116 Å². The minimum Gasteiger partial charge on any atom is -0.320 e. The van der Waals surface area contributed by atoms with Crippen molar-refractivity contribution in [3.63, 3.8) is 0 Å². The van der Waals surface area contributed by atoms with E-state index >= 15 is 0 Å². The highest BCUT2D eigenvalue weighted by Gasteiger charge is 2.13. The fourth-order valence-electron chi connectivity index (χ4n) is 1.44. The third-order valence-corrected chi connectivity index (χ3v) is 3.95. The quantitative estimate of drug-likeness (QED) is 0.466. The first kappa shape index (κ1) is 14.4. The Kier molecular flexibility index (Phi) is 6.23. The fourth-order valence-corrected chi connectivity index (χ4v) is 2.56. The van der Waals surface area contributed by atoms with Crippen LogP contribution >= 0.6 is 46.4 Å². The maximum absolute atomic E-state index is 6.10. The van der Waals surface area contributed by atoms with Gasteiger partial charge in [-0.3, -0.25) is 0 Å². The van der Waals surface area contributed by atoms with Crippen LogP contribution in [0.3, 0.4) is 0 Å². The van der Waals surface area contributed by atoms with Gasteiger partial charge in [-0.05, 0) is 44.5 Å². The van der Waals surface area contributed by atoms with Crippen LogP contribution in [0.5, 0.6) is 0 Å². The first-order valence-electron chi connectivity index (χ1n) is 5.04. The first-order chi connectivity index (χ1) is 7.57. The summed E-state index contributed by atoms with van der Waals surface area (Å²) < 4.78 is 0. The molecule has 0 fully saturated rings. The molecule has 90 valence electrons. The summed E-state index contributed by atoms with van der Waals surface area (Å²) in [5.41, 5.74) is 0.883. The molecule has 0 aromatic heterocycles. The van der Waals surface area contributed by atoms with Crippen LogP contribution in [0, 0.1) is 0 Å². The highest BCUT2D eigenvalue weighted by Crippen LogP contribution is 2.37. The van der Waals surface area contributed by atoms with Gasteiger partial charge in [0.05, 0.1) is 15.1 Å². The molecule has 0 heterocycles. The monoisotopic (exact) mass is 299 g/mol. The van der Waals surface area contributed by atoms with Crippen molar-refractivity contribution >= 4 is 46.4 Å². The van der Waals surface area contributed by atoms with Crippen molar-refractivity contribution in [1.29, 1.82) is 0 Å². The molecule has 5 heteroatoms. The molecule has 0 amide bonds. The number of hydrogen-bond donors (Lipinski definition) is 1. The van der Waals surface area contributed by atoms with E-state index < -0.39 is 0 Å². The zero-order chi connectivity index (χ0) is 12.1. The van der Waals surface area contributed by atoms with Crippen LogP contribution in [-0.4, -0.2) is 13.6 Å². The van der Waals surface area contributed by atoms with Crippen LogP contribution in [0.15, 0.2) is 6.07 Å². The minimum absolute atomic E-state index is 0.386. The molecule has 0 saturated carbocycles. The normalized spacial score (nSPS) is 10.8. The molecule has 0 aliphatic rings. The summed E-state index contributed by atoms with van der Waals surface area (Å²) in [6.07, 6.45) is 2.90. The lowest BCUT2D eigenvalue weighted by atomic mass is 10.1. The van der Waals surface area contributed by atoms with Crippen molar-refractivity contribution in [3.05, 3.63) is 31.7 Å². The van der Waals surface area contributed by atoms with Gasteiger partial charge < -0.3 is 5.32 Å². The SMILES string of the molecule is CNCCCCc1c(Cl)cc(Cl)c(Cl)c1Cl. The summed E-state index contributed by atoms with van der Waals surface area (Å²) in [5.74, 6) is 0. The molecule has 1 aromatic rings. The van der Waals surface area contributed by atoms with E-state index in [-0.39, 0.29) is 0 Å². The number of rotatable bonds is 5. The highest BCUT2D eigenvalue weighted by molar-refractivity contribution is 6.49. The van der Waals surface area contributed by atoms with Crippen LogP contribution in [0.2, 0.25) is 20.1 Å². The van der Waals surface area contributed by atoms with Crippen molar-refractivity contribution in [2.75, 3.05) is 13.6 Å². The molecule has 0 bridgehead atoms. The molecule has 1 rings (SSSR count). The maximum Gasteiger partial charge on any atom is 0.0782 e. The maximum atomic E-state index is 6.10. The second-order valence-corrected chi connectivity index (χ2v) is 5.08. The summed E-state index contributed by atoms with van der Waals surface area (Å²) >= 11 is 24.0. The van der Waals surface area contributed by atoms with E-state index in [4.69, 9.17) is 46.4 Å². The molecule has 1 aromatic carbocycles. The summed E-state index contributed by atoms with van der Waals surface area (Å²) in [6, 6.07) is 1.64. The van der Waals surface area contributed by atoms with Gasteiger partial charge in [0.25, 0.3) is 0 Å². The molecular formula is C11H13Cl4N. The van der Waals surface area contributed by atoms with E-state index in [0.29, 0.717) is 20.1 Å². The largest absolute Gasteiger partial charge is 0.320 e. The summed E-state index contributed by atoms with van der Waals surface area (Å²) in [6.45, 7) is 0.983. The molecule has 1 N–H and O–H groups in total. The molecular weight excluding hydrogens is 288 g/mol. The van der Waals surface area contributed by atoms with Gasteiger partial charge in [-0.1, -0.05) is 46.4 Å². The predicted molar refractivity (Wildman–Crippen MR) is 73.3 cm³/mol. The third-order valence-electron chi connectivity index (χ3n) is 2.31. The Hall–Kier alpha value is 0.340. The van der Waals surface area contributed by atoms with Crippen LogP contribution in [0.4, 0.5) is 0 Å². The van der Waals surface area contributed by atoms with Gasteiger partial charge in [0.15, 0.2) is 0 Å². The lowest BCUT2D eigenvalue weighted by Crippen LogP contribution is -2.07. The van der Waals surface area contributed by atoms with Gasteiger partial charge >= 0.3 is 0 Å². The van der Waals surface area contributed by atoms with Crippen molar-refractivity contribution in [1.82, 2.24) is 5.32 Å². The summed E-state index contributed by atoms with van der Waals surface area (Å²) in [4.78, 5) is 0. The number of nitrogens with one attached hydrogen (secondary N) is 1. The molecule has 0 unspecified atom stereocenters. The Morgan fingerprint density at radius 2 is 1.69 bits per heavy atom. The van der Waals surface area contributed by atoms with E-state index in [1.165, 1.54) is 0 Å². The second-order valence-electron chi connectivity index (χ2n) is 3.51. The summed E-state index contributed by atoms with van der Waals surface area (Å²) in [5, 5.41) is 4.94. The van der Waals surface area contributed by atoms with Crippen LogP contribution < -0.4 is 5.32 Å². The molecule has 0 aliphatic heterocycles. The van der Waals surface area contributed by atoms with Gasteiger partial charge in [-0.2, -0.15) is 0 Å². The topological polar surface area (TPSA) is 12.0 Å². The minimum atomic E-state index is 0.386. The zero-order valence-electron chi connectivity index (χ0n) is 8.92.